The average molecular weight is 262 g/mol. The summed E-state index contributed by atoms with van der Waals surface area (Å²) in [6.45, 7) is 0.706. The molecular weight excluding hydrogens is 242 g/mol. The number of ether oxygens (including phenoxy) is 1. The van der Waals surface area contributed by atoms with E-state index in [1.807, 2.05) is 36.4 Å². The van der Waals surface area contributed by atoms with Crippen LogP contribution in [0.4, 0.5) is 0 Å². The van der Waals surface area contributed by atoms with Crippen LogP contribution in [0.3, 0.4) is 0 Å². The standard InChI is InChI=1S/C15H19NO3/c1-19-15(18)12-8-6-11(7-9-12)10-16-13-4-2-3-5-14(13)17/h2-3,5-9,13,15-18H,4,10H2,1H3/p+1. The van der Waals surface area contributed by atoms with Crippen molar-refractivity contribution in [3.05, 3.63) is 59.4 Å². The normalized spacial score (nSPS) is 20.1. The Labute approximate surface area is 113 Å². The van der Waals surface area contributed by atoms with E-state index >= 15 is 0 Å². The lowest BCUT2D eigenvalue weighted by molar-refractivity contribution is -0.0769. The monoisotopic (exact) mass is 262 g/mol. The van der Waals surface area contributed by atoms with Crippen LogP contribution in [0.1, 0.15) is 23.8 Å². The molecule has 0 fully saturated rings. The zero-order valence-corrected chi connectivity index (χ0v) is 11.0. The summed E-state index contributed by atoms with van der Waals surface area (Å²) in [4.78, 5) is 0. The lowest BCUT2D eigenvalue weighted by atomic mass is 10.1. The van der Waals surface area contributed by atoms with Crippen molar-refractivity contribution >= 4 is 0 Å². The minimum absolute atomic E-state index is 0.0919. The van der Waals surface area contributed by atoms with E-state index in [2.05, 4.69) is 11.4 Å². The Hall–Kier alpha value is -1.62. The second kappa shape index (κ2) is 6.52. The zero-order valence-electron chi connectivity index (χ0n) is 11.0. The highest BCUT2D eigenvalue weighted by Crippen LogP contribution is 2.15. The molecule has 4 heteroatoms. The van der Waals surface area contributed by atoms with E-state index < -0.39 is 6.29 Å². The van der Waals surface area contributed by atoms with Crippen LogP contribution in [0.15, 0.2) is 48.3 Å². The summed E-state index contributed by atoms with van der Waals surface area (Å²) in [5.41, 5.74) is 1.86. The van der Waals surface area contributed by atoms with Gasteiger partial charge in [-0.05, 0) is 12.0 Å². The minimum atomic E-state index is -0.867. The first-order chi connectivity index (χ1) is 9.20. The van der Waals surface area contributed by atoms with Crippen molar-refractivity contribution in [1.82, 2.24) is 5.32 Å². The largest absolute Gasteiger partial charge is 0.595 e. The molecule has 4 N–H and O–H groups in total. The number of allylic oxidation sites excluding steroid dienone is 2. The van der Waals surface area contributed by atoms with Crippen molar-refractivity contribution in [2.24, 2.45) is 0 Å². The van der Waals surface area contributed by atoms with Gasteiger partial charge in [-0.2, -0.15) is 0 Å². The smallest absolute Gasteiger partial charge is 0.246 e. The SMILES string of the molecule is COC(O)c1ccc(CNC2CC=CC=C2[OH2+])cc1. The van der Waals surface area contributed by atoms with Gasteiger partial charge in [0.2, 0.25) is 5.76 Å². The highest BCUT2D eigenvalue weighted by atomic mass is 16.6. The predicted molar refractivity (Wildman–Crippen MR) is 74.5 cm³/mol. The molecule has 1 aromatic carbocycles. The summed E-state index contributed by atoms with van der Waals surface area (Å²) in [5, 5.41) is 20.7. The Balaban J connectivity index is 1.90. The Bertz CT molecular complexity index is 465. The van der Waals surface area contributed by atoms with E-state index in [1.165, 1.54) is 7.11 Å². The zero-order chi connectivity index (χ0) is 13.7. The van der Waals surface area contributed by atoms with E-state index in [4.69, 9.17) is 9.84 Å². The molecule has 0 radical (unpaired) electrons. The second-order valence-electron chi connectivity index (χ2n) is 4.55. The van der Waals surface area contributed by atoms with E-state index in [0.717, 1.165) is 17.5 Å². The molecule has 0 spiro atoms. The summed E-state index contributed by atoms with van der Waals surface area (Å²) in [5.74, 6) is 0.619. The molecule has 0 saturated carbocycles. The fourth-order valence-electron chi connectivity index (χ4n) is 2.00. The van der Waals surface area contributed by atoms with Gasteiger partial charge in [0.15, 0.2) is 6.29 Å². The van der Waals surface area contributed by atoms with Crippen LogP contribution >= 0.6 is 0 Å². The van der Waals surface area contributed by atoms with E-state index in [0.29, 0.717) is 12.3 Å². The van der Waals surface area contributed by atoms with E-state index in [-0.39, 0.29) is 6.04 Å². The number of aliphatic hydroxyl groups excluding tert-OH is 1. The van der Waals surface area contributed by atoms with E-state index in [9.17, 15) is 5.11 Å². The van der Waals surface area contributed by atoms with Gasteiger partial charge in [-0.3, -0.25) is 5.32 Å². The lowest BCUT2D eigenvalue weighted by Gasteiger charge is -2.16. The lowest BCUT2D eigenvalue weighted by Crippen LogP contribution is -2.31. The second-order valence-corrected chi connectivity index (χ2v) is 4.55. The molecule has 0 aliphatic heterocycles. The maximum absolute atomic E-state index is 9.51. The number of aliphatic hydroxyl groups is 1. The molecular formula is C15H20NO3+. The number of benzene rings is 1. The first kappa shape index (κ1) is 13.8. The quantitative estimate of drug-likeness (QED) is 0.622. The highest BCUT2D eigenvalue weighted by molar-refractivity contribution is 5.24. The summed E-state index contributed by atoms with van der Waals surface area (Å²) < 4.78 is 4.85. The Kier molecular flexibility index (Phi) is 4.74. The molecule has 0 saturated heterocycles. The molecule has 4 nitrogen and oxygen atoms in total. The molecule has 0 heterocycles. The summed E-state index contributed by atoms with van der Waals surface area (Å²) in [7, 11) is 1.47. The average Bonchev–Trinajstić information content (AvgIpc) is 2.46. The maximum Gasteiger partial charge on any atom is 0.246 e. The van der Waals surface area contributed by atoms with Gasteiger partial charge in [0.05, 0.1) is 0 Å². The van der Waals surface area contributed by atoms with Crippen LogP contribution in [-0.2, 0) is 11.3 Å². The van der Waals surface area contributed by atoms with Crippen molar-refractivity contribution in [2.75, 3.05) is 7.11 Å². The summed E-state index contributed by atoms with van der Waals surface area (Å²) in [6.07, 6.45) is 5.79. The number of hydrogen-bond donors (Lipinski definition) is 2. The van der Waals surface area contributed by atoms with E-state index in [1.54, 1.807) is 0 Å². The number of rotatable bonds is 5. The number of methoxy groups -OCH3 is 1. The fraction of sp³-hybridized carbons (Fsp3) is 0.333. The molecule has 0 bridgehead atoms. The Morgan fingerprint density at radius 3 is 2.79 bits per heavy atom. The molecule has 102 valence electrons. The van der Waals surface area contributed by atoms with Crippen molar-refractivity contribution in [1.29, 1.82) is 0 Å². The molecule has 0 aromatic heterocycles. The first-order valence-electron chi connectivity index (χ1n) is 6.32. The fourth-order valence-corrected chi connectivity index (χ4v) is 2.00. The van der Waals surface area contributed by atoms with Gasteiger partial charge in [0.1, 0.15) is 6.04 Å². The van der Waals surface area contributed by atoms with Crippen LogP contribution in [0.5, 0.6) is 0 Å². The van der Waals surface area contributed by atoms with Crippen LogP contribution in [-0.4, -0.2) is 23.4 Å². The van der Waals surface area contributed by atoms with Gasteiger partial charge in [0.25, 0.3) is 0 Å². The van der Waals surface area contributed by atoms with Gasteiger partial charge in [-0.15, -0.1) is 0 Å². The molecule has 1 aliphatic rings. The third kappa shape index (κ3) is 3.67. The predicted octanol–water partition coefficient (Wildman–Crippen LogP) is 1.35. The Morgan fingerprint density at radius 2 is 2.16 bits per heavy atom. The maximum atomic E-state index is 9.51. The van der Waals surface area contributed by atoms with Gasteiger partial charge in [-0.1, -0.05) is 36.4 Å². The topological polar surface area (TPSA) is 64.4 Å². The van der Waals surface area contributed by atoms with Crippen molar-refractivity contribution in [3.8, 4) is 0 Å². The number of hydrogen-bond acceptors (Lipinski definition) is 3. The van der Waals surface area contributed by atoms with Crippen LogP contribution in [0.2, 0.25) is 0 Å². The molecule has 2 unspecified atom stereocenters. The Morgan fingerprint density at radius 1 is 1.42 bits per heavy atom. The molecule has 2 atom stereocenters. The van der Waals surface area contributed by atoms with Crippen LogP contribution < -0.4 is 5.32 Å². The van der Waals surface area contributed by atoms with Crippen molar-refractivity contribution in [2.45, 2.75) is 25.3 Å². The van der Waals surface area contributed by atoms with Gasteiger partial charge < -0.3 is 14.9 Å². The van der Waals surface area contributed by atoms with Gasteiger partial charge in [0, 0.05) is 25.3 Å². The van der Waals surface area contributed by atoms with Gasteiger partial charge >= 0.3 is 0 Å². The minimum Gasteiger partial charge on any atom is -0.595 e. The number of nitrogens with one attached hydrogen (secondary N) is 1. The van der Waals surface area contributed by atoms with Crippen LogP contribution in [0, 0.1) is 0 Å². The summed E-state index contributed by atoms with van der Waals surface area (Å²) >= 11 is 0. The van der Waals surface area contributed by atoms with Crippen molar-refractivity contribution < 1.29 is 14.9 Å². The molecule has 0 amide bonds. The first-order valence-corrected chi connectivity index (χ1v) is 6.32. The highest BCUT2D eigenvalue weighted by Gasteiger charge is 2.17. The molecule has 1 aromatic rings. The van der Waals surface area contributed by atoms with Crippen LogP contribution in [0.25, 0.3) is 0 Å². The molecule has 2 rings (SSSR count). The van der Waals surface area contributed by atoms with Gasteiger partial charge in [-0.25, -0.2) is 0 Å². The molecule has 19 heavy (non-hydrogen) atoms. The molecule has 1 aliphatic carbocycles. The third-order valence-electron chi connectivity index (χ3n) is 3.20. The third-order valence-corrected chi connectivity index (χ3v) is 3.20. The summed E-state index contributed by atoms with van der Waals surface area (Å²) in [6, 6.07) is 7.70. The van der Waals surface area contributed by atoms with Crippen molar-refractivity contribution in [3.63, 3.8) is 0 Å².